The van der Waals surface area contributed by atoms with Gasteiger partial charge in [0.1, 0.15) is 5.39 Å². The first-order chi connectivity index (χ1) is 12.9. The highest BCUT2D eigenvalue weighted by Crippen LogP contribution is 2.21. The van der Waals surface area contributed by atoms with E-state index in [4.69, 9.17) is 4.74 Å². The predicted molar refractivity (Wildman–Crippen MR) is 105 cm³/mol. The summed E-state index contributed by atoms with van der Waals surface area (Å²) in [6, 6.07) is 0.327. The maximum atomic E-state index is 12.4. The number of anilines is 1. The van der Waals surface area contributed by atoms with Crippen LogP contribution in [0.5, 0.6) is 0 Å². The van der Waals surface area contributed by atoms with Gasteiger partial charge in [0.2, 0.25) is 5.95 Å². The molecule has 2 aliphatic heterocycles. The molecule has 8 heteroatoms. The number of fused-ring (bicyclic) bond motifs is 1. The molecule has 8 nitrogen and oxygen atoms in total. The molecule has 0 aliphatic carbocycles. The van der Waals surface area contributed by atoms with Crippen molar-refractivity contribution in [1.82, 2.24) is 24.6 Å². The molecular weight excluding hydrogens is 344 g/mol. The predicted octanol–water partition coefficient (Wildman–Crippen LogP) is 1.79. The molecule has 0 saturated carbocycles. The van der Waals surface area contributed by atoms with Crippen molar-refractivity contribution in [3.8, 4) is 0 Å². The molecule has 2 fully saturated rings. The van der Waals surface area contributed by atoms with Crippen LogP contribution in [-0.2, 0) is 10.3 Å². The van der Waals surface area contributed by atoms with Crippen molar-refractivity contribution >= 4 is 17.0 Å². The molecule has 1 unspecified atom stereocenters. The summed E-state index contributed by atoms with van der Waals surface area (Å²) in [5, 5.41) is 8.33. The second-order valence-electron chi connectivity index (χ2n) is 8.83. The number of piperidine rings is 1. The maximum absolute atomic E-state index is 12.4. The molecule has 0 bridgehead atoms. The molecule has 2 aromatic rings. The van der Waals surface area contributed by atoms with Crippen LogP contribution in [-0.4, -0.2) is 63.5 Å². The zero-order chi connectivity index (χ0) is 19.0. The number of rotatable bonds is 4. The second-order valence-corrected chi connectivity index (χ2v) is 8.83. The molecule has 2 N–H and O–H groups in total. The molecule has 4 heterocycles. The van der Waals surface area contributed by atoms with Gasteiger partial charge in [0.25, 0.3) is 5.56 Å². The molecule has 2 aromatic heterocycles. The Kier molecular flexibility index (Phi) is 4.94. The number of aromatic nitrogens is 4. The highest BCUT2D eigenvalue weighted by molar-refractivity contribution is 5.74. The van der Waals surface area contributed by atoms with Gasteiger partial charge < -0.3 is 15.0 Å². The van der Waals surface area contributed by atoms with E-state index in [9.17, 15) is 4.79 Å². The first kappa shape index (κ1) is 18.4. The van der Waals surface area contributed by atoms with Crippen molar-refractivity contribution in [2.24, 2.45) is 5.92 Å². The molecule has 0 amide bonds. The summed E-state index contributed by atoms with van der Waals surface area (Å²) in [5.74, 6) is 1.23. The number of nitrogens with zero attached hydrogens (tertiary/aromatic N) is 4. The lowest BCUT2D eigenvalue weighted by molar-refractivity contribution is 0.154. The minimum atomic E-state index is -0.227. The summed E-state index contributed by atoms with van der Waals surface area (Å²) in [6.45, 7) is 11.3. The first-order valence-corrected chi connectivity index (χ1v) is 9.95. The normalized spacial score (nSPS) is 22.6. The lowest BCUT2D eigenvalue weighted by Crippen LogP contribution is -2.41. The average Bonchev–Trinajstić information content (AvgIpc) is 3.26. The Hall–Kier alpha value is -1.93. The van der Waals surface area contributed by atoms with Crippen molar-refractivity contribution in [2.45, 2.75) is 51.6 Å². The van der Waals surface area contributed by atoms with Crippen molar-refractivity contribution in [2.75, 3.05) is 38.2 Å². The zero-order valence-electron chi connectivity index (χ0n) is 16.5. The fraction of sp³-hybridized carbons (Fsp3) is 0.737. The lowest BCUT2D eigenvalue weighted by atomic mass is 10.0. The fourth-order valence-electron chi connectivity index (χ4n) is 4.02. The van der Waals surface area contributed by atoms with Crippen LogP contribution in [0.4, 0.5) is 5.95 Å². The number of aromatic amines is 1. The number of nitrogens with one attached hydrogen (secondary N) is 2. The standard InChI is InChI=1S/C19H30N6O2/c1-19(2,3)25-16-15(10-20-25)17(26)23-18(22-16)21-14-4-7-24(8-5-14)11-13-6-9-27-12-13/h10,13-14H,4-9,11-12H2,1-3H3,(H2,21,22,23,26). The highest BCUT2D eigenvalue weighted by Gasteiger charge is 2.25. The largest absolute Gasteiger partial charge is 0.381 e. The van der Waals surface area contributed by atoms with Crippen LogP contribution < -0.4 is 10.9 Å². The smallest absolute Gasteiger partial charge is 0.263 e. The Morgan fingerprint density at radius 3 is 2.74 bits per heavy atom. The number of H-pyrrole nitrogens is 1. The summed E-state index contributed by atoms with van der Waals surface area (Å²) < 4.78 is 7.30. The fourth-order valence-corrected chi connectivity index (χ4v) is 4.02. The Morgan fingerprint density at radius 1 is 1.30 bits per heavy atom. The monoisotopic (exact) mass is 374 g/mol. The molecule has 1 atom stereocenters. The van der Waals surface area contributed by atoms with Crippen LogP contribution in [0, 0.1) is 5.92 Å². The van der Waals surface area contributed by atoms with E-state index >= 15 is 0 Å². The van der Waals surface area contributed by atoms with Crippen molar-refractivity contribution in [3.63, 3.8) is 0 Å². The number of likely N-dealkylation sites (tertiary alicyclic amines) is 1. The van der Waals surface area contributed by atoms with Crippen LogP contribution in [0.2, 0.25) is 0 Å². The molecule has 148 valence electrons. The second kappa shape index (κ2) is 7.24. The van der Waals surface area contributed by atoms with Gasteiger partial charge in [0, 0.05) is 32.3 Å². The minimum absolute atomic E-state index is 0.142. The summed E-state index contributed by atoms with van der Waals surface area (Å²) in [5.41, 5.74) is 0.263. The molecule has 2 aliphatic rings. The van der Waals surface area contributed by atoms with E-state index in [0.717, 1.165) is 45.7 Å². The van der Waals surface area contributed by atoms with E-state index in [1.54, 1.807) is 6.20 Å². The third kappa shape index (κ3) is 4.01. The third-order valence-corrected chi connectivity index (χ3v) is 5.54. The van der Waals surface area contributed by atoms with E-state index in [0.29, 0.717) is 28.9 Å². The topological polar surface area (TPSA) is 88.1 Å². The van der Waals surface area contributed by atoms with E-state index in [1.165, 1.54) is 6.42 Å². The van der Waals surface area contributed by atoms with Gasteiger partial charge in [0.15, 0.2) is 5.65 Å². The van der Waals surface area contributed by atoms with Gasteiger partial charge in [-0.3, -0.25) is 9.78 Å². The summed E-state index contributed by atoms with van der Waals surface area (Å²) in [4.78, 5) is 22.5. The molecule has 4 rings (SSSR count). The van der Waals surface area contributed by atoms with Gasteiger partial charge in [0.05, 0.1) is 18.3 Å². The van der Waals surface area contributed by atoms with Crippen molar-refractivity contribution in [1.29, 1.82) is 0 Å². The zero-order valence-corrected chi connectivity index (χ0v) is 16.5. The van der Waals surface area contributed by atoms with Crippen LogP contribution in [0.25, 0.3) is 11.0 Å². The van der Waals surface area contributed by atoms with Crippen molar-refractivity contribution < 1.29 is 4.74 Å². The van der Waals surface area contributed by atoms with E-state index in [1.807, 2.05) is 4.68 Å². The van der Waals surface area contributed by atoms with Gasteiger partial charge in [-0.2, -0.15) is 10.1 Å². The molecule has 0 aromatic carbocycles. The summed E-state index contributed by atoms with van der Waals surface area (Å²) in [6.07, 6.45) is 4.88. The number of hydrogen-bond acceptors (Lipinski definition) is 6. The van der Waals surface area contributed by atoms with Gasteiger partial charge in [-0.25, -0.2) is 4.68 Å². The minimum Gasteiger partial charge on any atom is -0.381 e. The van der Waals surface area contributed by atoms with E-state index in [2.05, 4.69) is 46.1 Å². The molecule has 0 spiro atoms. The highest BCUT2D eigenvalue weighted by atomic mass is 16.5. The molecule has 27 heavy (non-hydrogen) atoms. The quantitative estimate of drug-likeness (QED) is 0.848. The van der Waals surface area contributed by atoms with E-state index < -0.39 is 0 Å². The Balaban J connectivity index is 1.42. The SMILES string of the molecule is CC(C)(C)n1ncc2c(=O)[nH]c(NC3CCN(CC4CCOC4)CC3)nc21. The average molecular weight is 374 g/mol. The van der Waals surface area contributed by atoms with Crippen LogP contribution in [0.3, 0.4) is 0 Å². The van der Waals surface area contributed by atoms with Gasteiger partial charge in [-0.1, -0.05) is 0 Å². The van der Waals surface area contributed by atoms with Gasteiger partial charge in [-0.05, 0) is 46.0 Å². The molecular formula is C19H30N6O2. The van der Waals surface area contributed by atoms with Crippen LogP contribution in [0.15, 0.2) is 11.0 Å². The number of hydrogen-bond donors (Lipinski definition) is 2. The molecule has 0 radical (unpaired) electrons. The first-order valence-electron chi connectivity index (χ1n) is 9.95. The Morgan fingerprint density at radius 2 is 2.07 bits per heavy atom. The Labute approximate surface area is 159 Å². The Bertz CT molecular complexity index is 838. The van der Waals surface area contributed by atoms with Gasteiger partial charge in [-0.15, -0.1) is 0 Å². The number of ether oxygens (including phenoxy) is 1. The maximum Gasteiger partial charge on any atom is 0.263 e. The van der Waals surface area contributed by atoms with Crippen LogP contribution >= 0.6 is 0 Å². The molecule has 2 saturated heterocycles. The van der Waals surface area contributed by atoms with E-state index in [-0.39, 0.29) is 11.1 Å². The van der Waals surface area contributed by atoms with Gasteiger partial charge >= 0.3 is 0 Å². The lowest BCUT2D eigenvalue weighted by Gasteiger charge is -2.33. The third-order valence-electron chi connectivity index (χ3n) is 5.54. The summed E-state index contributed by atoms with van der Waals surface area (Å²) in [7, 11) is 0. The van der Waals surface area contributed by atoms with Crippen molar-refractivity contribution in [3.05, 3.63) is 16.6 Å². The summed E-state index contributed by atoms with van der Waals surface area (Å²) >= 11 is 0. The van der Waals surface area contributed by atoms with Crippen LogP contribution in [0.1, 0.15) is 40.0 Å².